The summed E-state index contributed by atoms with van der Waals surface area (Å²) < 4.78 is 4.59. The number of esters is 1. The van der Waals surface area contributed by atoms with Crippen molar-refractivity contribution in [2.24, 2.45) is 46.3 Å². The van der Waals surface area contributed by atoms with E-state index in [-0.39, 0.29) is 35.5 Å². The van der Waals surface area contributed by atoms with Crippen molar-refractivity contribution in [3.63, 3.8) is 0 Å². The zero-order valence-electron chi connectivity index (χ0n) is 21.0. The van der Waals surface area contributed by atoms with Crippen molar-refractivity contribution < 1.29 is 24.5 Å². The SMILES string of the molecule is COC(=O)CNC(=O)CC[C@@H](C)[C@H]1CC[C@H]2[C@@H]3[C@@H](O)C[C@@H]4C[C@H](O)CC[C@]4(C)[C@H]3CC[C@]12C. The maximum Gasteiger partial charge on any atom is 0.325 e. The average Bonchev–Trinajstić information content (AvgIpc) is 3.14. The van der Waals surface area contributed by atoms with Crippen LogP contribution in [0.1, 0.15) is 85.0 Å². The number of ether oxygens (including phenoxy) is 1. The molecular weight excluding hydrogens is 418 g/mol. The normalized spacial score (nSPS) is 45.3. The van der Waals surface area contributed by atoms with E-state index in [1.165, 1.54) is 32.8 Å². The molecule has 4 fully saturated rings. The highest BCUT2D eigenvalue weighted by atomic mass is 16.5. The molecule has 0 spiro atoms. The molecular formula is C27H45NO5. The van der Waals surface area contributed by atoms with Crippen molar-refractivity contribution >= 4 is 11.9 Å². The van der Waals surface area contributed by atoms with E-state index in [1.807, 2.05) is 0 Å². The van der Waals surface area contributed by atoms with Crippen molar-refractivity contribution in [3.8, 4) is 0 Å². The summed E-state index contributed by atoms with van der Waals surface area (Å²) in [7, 11) is 1.32. The van der Waals surface area contributed by atoms with Gasteiger partial charge >= 0.3 is 5.97 Å². The highest BCUT2D eigenvalue weighted by molar-refractivity contribution is 5.81. The lowest BCUT2D eigenvalue weighted by molar-refractivity contribution is -0.174. The third-order valence-electron chi connectivity index (χ3n) is 10.9. The van der Waals surface area contributed by atoms with Crippen LogP contribution in [0.15, 0.2) is 0 Å². The molecule has 0 bridgehead atoms. The molecule has 4 aliphatic carbocycles. The van der Waals surface area contributed by atoms with E-state index in [0.717, 1.165) is 32.1 Å². The Balaban J connectivity index is 1.41. The number of hydrogen-bond donors (Lipinski definition) is 3. The second-order valence-corrected chi connectivity index (χ2v) is 12.3. The average molecular weight is 464 g/mol. The predicted molar refractivity (Wildman–Crippen MR) is 126 cm³/mol. The van der Waals surface area contributed by atoms with Crippen LogP contribution in [0, 0.1) is 46.3 Å². The molecule has 6 heteroatoms. The zero-order valence-corrected chi connectivity index (χ0v) is 21.0. The van der Waals surface area contributed by atoms with Crippen molar-refractivity contribution in [2.75, 3.05) is 13.7 Å². The van der Waals surface area contributed by atoms with Crippen LogP contribution >= 0.6 is 0 Å². The van der Waals surface area contributed by atoms with Gasteiger partial charge in [0.1, 0.15) is 6.54 Å². The van der Waals surface area contributed by atoms with E-state index in [1.54, 1.807) is 0 Å². The summed E-state index contributed by atoms with van der Waals surface area (Å²) in [5, 5.41) is 24.3. The summed E-state index contributed by atoms with van der Waals surface area (Å²) in [5.74, 6) is 2.44. The number of amides is 1. The lowest BCUT2D eigenvalue weighted by Gasteiger charge is -2.62. The molecule has 0 saturated heterocycles. The fraction of sp³-hybridized carbons (Fsp3) is 0.926. The summed E-state index contributed by atoms with van der Waals surface area (Å²) in [4.78, 5) is 23.5. The number of carbonyl (C=O) groups is 2. The van der Waals surface area contributed by atoms with Gasteiger partial charge in [-0.3, -0.25) is 9.59 Å². The summed E-state index contributed by atoms with van der Waals surface area (Å²) in [5.41, 5.74) is 0.479. The smallest absolute Gasteiger partial charge is 0.325 e. The van der Waals surface area contributed by atoms with Crippen molar-refractivity contribution in [1.29, 1.82) is 0 Å². The first kappa shape index (κ1) is 25.0. The Morgan fingerprint density at radius 2 is 1.73 bits per heavy atom. The number of hydrogen-bond acceptors (Lipinski definition) is 5. The summed E-state index contributed by atoms with van der Waals surface area (Å²) in [6, 6.07) is 0. The Hall–Kier alpha value is -1.14. The fourth-order valence-corrected chi connectivity index (χ4v) is 9.07. The van der Waals surface area contributed by atoms with Gasteiger partial charge in [0.15, 0.2) is 0 Å². The van der Waals surface area contributed by atoms with Gasteiger partial charge in [0, 0.05) is 6.42 Å². The van der Waals surface area contributed by atoms with E-state index < -0.39 is 5.97 Å². The number of carbonyl (C=O) groups excluding carboxylic acids is 2. The van der Waals surface area contributed by atoms with Crippen LogP contribution in [-0.2, 0) is 14.3 Å². The Kier molecular flexibility index (Phi) is 7.18. The molecule has 10 atom stereocenters. The third kappa shape index (κ3) is 4.47. The lowest BCUT2D eigenvalue weighted by atomic mass is 9.43. The summed E-state index contributed by atoms with van der Waals surface area (Å²) in [6.07, 6.45) is 9.29. The van der Waals surface area contributed by atoms with E-state index in [9.17, 15) is 19.8 Å². The number of nitrogens with one attached hydrogen (secondary N) is 1. The van der Waals surface area contributed by atoms with Crippen LogP contribution < -0.4 is 5.32 Å². The molecule has 0 unspecified atom stereocenters. The minimum atomic E-state index is -0.422. The number of methoxy groups -OCH3 is 1. The summed E-state index contributed by atoms with van der Waals surface area (Å²) in [6.45, 7) is 7.14. The van der Waals surface area contributed by atoms with E-state index in [4.69, 9.17) is 0 Å². The molecule has 0 aromatic carbocycles. The largest absolute Gasteiger partial charge is 0.468 e. The number of aliphatic hydroxyl groups excluding tert-OH is 2. The van der Waals surface area contributed by atoms with Gasteiger partial charge in [0.2, 0.25) is 5.91 Å². The quantitative estimate of drug-likeness (QED) is 0.522. The van der Waals surface area contributed by atoms with E-state index in [2.05, 4.69) is 30.8 Å². The molecule has 6 nitrogen and oxygen atoms in total. The molecule has 1 amide bonds. The third-order valence-corrected chi connectivity index (χ3v) is 10.9. The van der Waals surface area contributed by atoms with E-state index in [0.29, 0.717) is 41.9 Å². The van der Waals surface area contributed by atoms with Gasteiger partial charge in [-0.2, -0.15) is 0 Å². The van der Waals surface area contributed by atoms with Gasteiger partial charge in [0.05, 0.1) is 19.3 Å². The molecule has 188 valence electrons. The van der Waals surface area contributed by atoms with Crippen LogP contribution in [0.4, 0.5) is 0 Å². The first-order valence-corrected chi connectivity index (χ1v) is 13.3. The van der Waals surface area contributed by atoms with Gasteiger partial charge < -0.3 is 20.3 Å². The Bertz CT molecular complexity index is 742. The molecule has 4 rings (SSSR count). The highest BCUT2D eigenvalue weighted by Crippen LogP contribution is 2.68. The van der Waals surface area contributed by atoms with Crippen LogP contribution in [0.5, 0.6) is 0 Å². The maximum atomic E-state index is 12.2. The molecule has 0 heterocycles. The van der Waals surface area contributed by atoms with Gasteiger partial charge in [0.25, 0.3) is 0 Å². The maximum absolute atomic E-state index is 12.2. The second kappa shape index (κ2) is 9.49. The molecule has 4 aliphatic rings. The van der Waals surface area contributed by atoms with Crippen molar-refractivity contribution in [2.45, 2.75) is 97.2 Å². The summed E-state index contributed by atoms with van der Waals surface area (Å²) >= 11 is 0. The fourth-order valence-electron chi connectivity index (χ4n) is 9.07. The van der Waals surface area contributed by atoms with Gasteiger partial charge in [-0.15, -0.1) is 0 Å². The highest BCUT2D eigenvalue weighted by Gasteiger charge is 2.62. The topological polar surface area (TPSA) is 95.9 Å². The molecule has 0 aromatic rings. The first-order valence-electron chi connectivity index (χ1n) is 13.3. The standard InChI is InChI=1S/C27H45NO5/c1-16(5-8-23(31)28-15-24(32)33-4)19-6-7-20-25-21(10-12-27(19,20)3)26(2)11-9-18(29)13-17(26)14-22(25)30/h16-22,25,29-30H,5-15H2,1-4H3,(H,28,31)/t16-,17+,18-,19-,20+,21+,22+,25+,26+,27-/m1/s1. The lowest BCUT2D eigenvalue weighted by Crippen LogP contribution is -2.58. The minimum absolute atomic E-state index is 0.0648. The van der Waals surface area contributed by atoms with Crippen molar-refractivity contribution in [1.82, 2.24) is 5.32 Å². The van der Waals surface area contributed by atoms with Crippen LogP contribution in [0.2, 0.25) is 0 Å². The minimum Gasteiger partial charge on any atom is -0.468 e. The molecule has 3 N–H and O–H groups in total. The Morgan fingerprint density at radius 3 is 2.45 bits per heavy atom. The van der Waals surface area contributed by atoms with Crippen LogP contribution in [-0.4, -0.2) is 48.0 Å². The number of rotatable bonds is 6. The molecule has 0 radical (unpaired) electrons. The zero-order chi connectivity index (χ0) is 24.0. The molecule has 4 saturated carbocycles. The van der Waals surface area contributed by atoms with Crippen molar-refractivity contribution in [3.05, 3.63) is 0 Å². The van der Waals surface area contributed by atoms with Gasteiger partial charge in [-0.25, -0.2) is 0 Å². The molecule has 33 heavy (non-hydrogen) atoms. The van der Waals surface area contributed by atoms with Gasteiger partial charge in [-0.1, -0.05) is 20.8 Å². The molecule has 0 aliphatic heterocycles. The van der Waals surface area contributed by atoms with E-state index >= 15 is 0 Å². The number of fused-ring (bicyclic) bond motifs is 5. The molecule has 0 aromatic heterocycles. The number of aliphatic hydroxyl groups is 2. The Labute approximate surface area is 199 Å². The van der Waals surface area contributed by atoms with Crippen LogP contribution in [0.25, 0.3) is 0 Å². The van der Waals surface area contributed by atoms with Gasteiger partial charge in [-0.05, 0) is 104 Å². The second-order valence-electron chi connectivity index (χ2n) is 12.3. The predicted octanol–water partition coefficient (Wildman–Crippen LogP) is 3.68. The first-order chi connectivity index (χ1) is 15.6. The Morgan fingerprint density at radius 1 is 1.03 bits per heavy atom. The van der Waals surface area contributed by atoms with Crippen LogP contribution in [0.3, 0.4) is 0 Å². The monoisotopic (exact) mass is 463 g/mol.